The molecule has 0 heterocycles. The highest BCUT2D eigenvalue weighted by molar-refractivity contribution is 8.00. The molecule has 100 valence electrons. The predicted molar refractivity (Wildman–Crippen MR) is 77.6 cm³/mol. The van der Waals surface area contributed by atoms with E-state index in [-0.39, 0.29) is 17.4 Å². The van der Waals surface area contributed by atoms with Crippen molar-refractivity contribution >= 4 is 17.4 Å². The number of aliphatic hydroxyl groups is 1. The summed E-state index contributed by atoms with van der Waals surface area (Å²) in [4.78, 5) is 0. The highest BCUT2D eigenvalue weighted by Crippen LogP contribution is 2.46. The van der Waals surface area contributed by atoms with Crippen molar-refractivity contribution in [1.82, 2.24) is 0 Å². The third-order valence-corrected chi connectivity index (χ3v) is 5.34. The van der Waals surface area contributed by atoms with Gasteiger partial charge in [-0.3, -0.25) is 0 Å². The van der Waals surface area contributed by atoms with Crippen molar-refractivity contribution in [2.24, 2.45) is 0 Å². The Kier molecular flexibility index (Phi) is 4.40. The van der Waals surface area contributed by atoms with Crippen molar-refractivity contribution in [3.8, 4) is 5.75 Å². The van der Waals surface area contributed by atoms with Gasteiger partial charge >= 0.3 is 0 Å². The summed E-state index contributed by atoms with van der Waals surface area (Å²) in [5.41, 5.74) is 1.01. The molecule has 0 aromatic heterocycles. The Balaban J connectivity index is 2.09. The van der Waals surface area contributed by atoms with Crippen LogP contribution in [-0.2, 0) is 0 Å². The molecule has 0 saturated heterocycles. The Morgan fingerprint density at radius 2 is 2.28 bits per heavy atom. The average molecular weight is 267 g/mol. The van der Waals surface area contributed by atoms with Crippen molar-refractivity contribution in [3.05, 3.63) is 24.3 Å². The number of hydrogen-bond donors (Lipinski definition) is 2. The van der Waals surface area contributed by atoms with Crippen LogP contribution in [-0.4, -0.2) is 35.9 Å². The number of nitrogens with one attached hydrogen (secondary N) is 1. The van der Waals surface area contributed by atoms with E-state index in [1.54, 1.807) is 7.11 Å². The third kappa shape index (κ3) is 2.59. The number of hydrogen-bond acceptors (Lipinski definition) is 4. The van der Waals surface area contributed by atoms with Crippen LogP contribution in [0.4, 0.5) is 5.69 Å². The summed E-state index contributed by atoms with van der Waals surface area (Å²) in [6.07, 6.45) is 5.75. The molecular formula is C14H21NO2S. The second-order valence-electron chi connectivity index (χ2n) is 4.73. The van der Waals surface area contributed by atoms with Gasteiger partial charge in [0.25, 0.3) is 0 Å². The third-order valence-electron chi connectivity index (χ3n) is 3.83. The molecule has 1 unspecified atom stereocenters. The lowest BCUT2D eigenvalue weighted by Gasteiger charge is -2.46. The van der Waals surface area contributed by atoms with Crippen LogP contribution in [0.3, 0.4) is 0 Å². The summed E-state index contributed by atoms with van der Waals surface area (Å²) in [6.45, 7) is 0.165. The second-order valence-corrected chi connectivity index (χ2v) is 5.96. The van der Waals surface area contributed by atoms with Crippen molar-refractivity contribution in [3.63, 3.8) is 0 Å². The lowest BCUT2D eigenvalue weighted by molar-refractivity contribution is 0.210. The van der Waals surface area contributed by atoms with Gasteiger partial charge in [0.05, 0.1) is 19.8 Å². The minimum Gasteiger partial charge on any atom is -0.497 e. The van der Waals surface area contributed by atoms with Gasteiger partial charge in [0, 0.05) is 16.5 Å². The minimum atomic E-state index is 0.105. The van der Waals surface area contributed by atoms with E-state index in [4.69, 9.17) is 4.74 Å². The maximum atomic E-state index is 9.64. The van der Waals surface area contributed by atoms with Gasteiger partial charge in [-0.2, -0.15) is 11.8 Å². The smallest absolute Gasteiger partial charge is 0.120 e. The van der Waals surface area contributed by atoms with Gasteiger partial charge in [-0.05, 0) is 31.2 Å². The molecule has 1 aromatic rings. The molecule has 1 aliphatic rings. The van der Waals surface area contributed by atoms with Crippen LogP contribution in [0.5, 0.6) is 5.75 Å². The molecule has 3 nitrogen and oxygen atoms in total. The molecule has 18 heavy (non-hydrogen) atoms. The zero-order valence-electron chi connectivity index (χ0n) is 11.0. The molecule has 1 saturated carbocycles. The Morgan fingerprint density at radius 3 is 2.78 bits per heavy atom. The number of rotatable bonds is 6. The first-order valence-corrected chi connectivity index (χ1v) is 7.53. The zero-order chi connectivity index (χ0) is 13.0. The van der Waals surface area contributed by atoms with Crippen LogP contribution in [0.15, 0.2) is 24.3 Å². The molecule has 1 aliphatic carbocycles. The first-order valence-electron chi connectivity index (χ1n) is 6.31. The van der Waals surface area contributed by atoms with Gasteiger partial charge in [0.1, 0.15) is 5.75 Å². The van der Waals surface area contributed by atoms with E-state index < -0.39 is 0 Å². The van der Waals surface area contributed by atoms with Gasteiger partial charge < -0.3 is 15.2 Å². The fourth-order valence-electron chi connectivity index (χ4n) is 2.48. The van der Waals surface area contributed by atoms with E-state index >= 15 is 0 Å². The lowest BCUT2D eigenvalue weighted by atomic mass is 9.78. The summed E-state index contributed by atoms with van der Waals surface area (Å²) in [6, 6.07) is 7.97. The standard InChI is InChI=1S/C14H21NO2S/c1-17-12-6-3-5-11(9-12)15-13(10-16)14(18-2)7-4-8-14/h3,5-6,9,13,15-16H,4,7-8,10H2,1-2H3. The molecule has 0 amide bonds. The summed E-state index contributed by atoms with van der Waals surface area (Å²) in [5, 5.41) is 13.1. The Labute approximate surface area is 113 Å². The number of benzene rings is 1. The quantitative estimate of drug-likeness (QED) is 0.831. The van der Waals surface area contributed by atoms with Crippen LogP contribution in [0.2, 0.25) is 0 Å². The van der Waals surface area contributed by atoms with E-state index in [9.17, 15) is 5.11 Å². The van der Waals surface area contributed by atoms with Crippen LogP contribution >= 0.6 is 11.8 Å². The van der Waals surface area contributed by atoms with Gasteiger partial charge in [0.2, 0.25) is 0 Å². The Hall–Kier alpha value is -0.870. The normalized spacial score (nSPS) is 18.8. The number of ether oxygens (including phenoxy) is 1. The molecule has 1 atom stereocenters. The van der Waals surface area contributed by atoms with Crippen LogP contribution in [0.1, 0.15) is 19.3 Å². The highest BCUT2D eigenvalue weighted by Gasteiger charge is 2.43. The molecular weight excluding hydrogens is 246 g/mol. The van der Waals surface area contributed by atoms with Gasteiger partial charge in [0.15, 0.2) is 0 Å². The maximum Gasteiger partial charge on any atom is 0.120 e. The Morgan fingerprint density at radius 1 is 1.50 bits per heavy atom. The average Bonchev–Trinajstić information content (AvgIpc) is 2.37. The van der Waals surface area contributed by atoms with Crippen LogP contribution in [0.25, 0.3) is 0 Å². The second kappa shape index (κ2) is 5.85. The van der Waals surface area contributed by atoms with Crippen molar-refractivity contribution in [2.45, 2.75) is 30.1 Å². The first kappa shape index (κ1) is 13.6. The number of anilines is 1. The highest BCUT2D eigenvalue weighted by atomic mass is 32.2. The van der Waals surface area contributed by atoms with Gasteiger partial charge in [-0.1, -0.05) is 12.5 Å². The minimum absolute atomic E-state index is 0.105. The molecule has 4 heteroatoms. The molecule has 0 radical (unpaired) electrons. The zero-order valence-corrected chi connectivity index (χ0v) is 11.8. The molecule has 1 aromatic carbocycles. The van der Waals surface area contributed by atoms with E-state index in [1.807, 2.05) is 36.0 Å². The molecule has 1 fully saturated rings. The summed E-state index contributed by atoms with van der Waals surface area (Å²) < 4.78 is 5.41. The molecule has 0 spiro atoms. The van der Waals surface area contributed by atoms with Crippen LogP contribution in [0, 0.1) is 0 Å². The van der Waals surface area contributed by atoms with Crippen molar-refractivity contribution in [2.75, 3.05) is 25.3 Å². The van der Waals surface area contributed by atoms with Crippen molar-refractivity contribution in [1.29, 1.82) is 0 Å². The first-order chi connectivity index (χ1) is 8.74. The largest absolute Gasteiger partial charge is 0.497 e. The van der Waals surface area contributed by atoms with Crippen molar-refractivity contribution < 1.29 is 9.84 Å². The Bertz CT molecular complexity index is 388. The lowest BCUT2D eigenvalue weighted by Crippen LogP contribution is -2.51. The fraction of sp³-hybridized carbons (Fsp3) is 0.571. The molecule has 2 rings (SSSR count). The molecule has 0 bridgehead atoms. The summed E-state index contributed by atoms with van der Waals surface area (Å²) in [5.74, 6) is 0.837. The van der Waals surface area contributed by atoms with Gasteiger partial charge in [-0.15, -0.1) is 0 Å². The SMILES string of the molecule is COc1cccc(NC(CO)C2(SC)CCC2)c1. The van der Waals surface area contributed by atoms with E-state index in [2.05, 4.69) is 11.6 Å². The van der Waals surface area contributed by atoms with E-state index in [0.29, 0.717) is 0 Å². The molecule has 2 N–H and O–H groups in total. The van der Waals surface area contributed by atoms with E-state index in [1.165, 1.54) is 19.3 Å². The summed E-state index contributed by atoms with van der Waals surface area (Å²) in [7, 11) is 1.66. The fourth-order valence-corrected chi connectivity index (χ4v) is 3.59. The number of aliphatic hydroxyl groups excluding tert-OH is 1. The van der Waals surface area contributed by atoms with E-state index in [0.717, 1.165) is 11.4 Å². The number of methoxy groups -OCH3 is 1. The summed E-state index contributed by atoms with van der Waals surface area (Å²) >= 11 is 1.87. The topological polar surface area (TPSA) is 41.5 Å². The molecule has 0 aliphatic heterocycles. The van der Waals surface area contributed by atoms with Gasteiger partial charge in [-0.25, -0.2) is 0 Å². The maximum absolute atomic E-state index is 9.64. The van der Waals surface area contributed by atoms with Crippen LogP contribution < -0.4 is 10.1 Å². The monoisotopic (exact) mass is 267 g/mol. The predicted octanol–water partition coefficient (Wildman–Crippen LogP) is 2.75. The number of thioether (sulfide) groups is 1.